The van der Waals surface area contributed by atoms with E-state index >= 15 is 0 Å². The highest BCUT2D eigenvalue weighted by molar-refractivity contribution is 9.10. The lowest BCUT2D eigenvalue weighted by Gasteiger charge is -2.18. The van der Waals surface area contributed by atoms with E-state index in [4.69, 9.17) is 9.84 Å². The molecular formula is C14H18BrFO3. The first-order valence-electron chi connectivity index (χ1n) is 6.14. The number of hydrogen-bond donors (Lipinski definition) is 1. The molecule has 5 heteroatoms. The van der Waals surface area contributed by atoms with Crippen LogP contribution < -0.4 is 4.74 Å². The van der Waals surface area contributed by atoms with E-state index in [-0.39, 0.29) is 5.75 Å². The number of unbranched alkanes of at least 4 members (excludes halogenated alkanes) is 1. The molecule has 0 aromatic heterocycles. The standard InChI is InChI=1S/C14H18BrFO3/c1-14(2,13(17)18)7-3-4-8-19-12-9-10(15)5-6-11(12)16/h5-6,9H,3-4,7-8H2,1-2H3,(H,17,18). The van der Waals surface area contributed by atoms with Crippen LogP contribution in [0.5, 0.6) is 5.75 Å². The average molecular weight is 333 g/mol. The van der Waals surface area contributed by atoms with Crippen molar-refractivity contribution in [2.24, 2.45) is 5.41 Å². The van der Waals surface area contributed by atoms with Gasteiger partial charge in [0.15, 0.2) is 11.6 Å². The minimum Gasteiger partial charge on any atom is -0.490 e. The van der Waals surface area contributed by atoms with Crippen molar-refractivity contribution < 1.29 is 19.0 Å². The molecule has 0 radical (unpaired) electrons. The lowest BCUT2D eigenvalue weighted by molar-refractivity contribution is -0.147. The van der Waals surface area contributed by atoms with Gasteiger partial charge in [-0.25, -0.2) is 4.39 Å². The number of carboxylic acids is 1. The maximum atomic E-state index is 13.4. The van der Waals surface area contributed by atoms with Crippen molar-refractivity contribution in [3.8, 4) is 5.75 Å². The van der Waals surface area contributed by atoms with Crippen LogP contribution in [-0.4, -0.2) is 17.7 Å². The molecule has 0 fully saturated rings. The van der Waals surface area contributed by atoms with Gasteiger partial charge in [0, 0.05) is 4.47 Å². The van der Waals surface area contributed by atoms with Gasteiger partial charge in [-0.15, -0.1) is 0 Å². The quantitative estimate of drug-likeness (QED) is 0.759. The van der Waals surface area contributed by atoms with Gasteiger partial charge in [-0.1, -0.05) is 15.9 Å². The van der Waals surface area contributed by atoms with Crippen LogP contribution in [0, 0.1) is 11.2 Å². The summed E-state index contributed by atoms with van der Waals surface area (Å²) in [6.45, 7) is 3.78. The van der Waals surface area contributed by atoms with Gasteiger partial charge in [0.2, 0.25) is 0 Å². The summed E-state index contributed by atoms with van der Waals surface area (Å²) in [5.41, 5.74) is -0.721. The van der Waals surface area contributed by atoms with Gasteiger partial charge >= 0.3 is 5.97 Å². The van der Waals surface area contributed by atoms with Crippen LogP contribution in [0.2, 0.25) is 0 Å². The summed E-state index contributed by atoms with van der Waals surface area (Å²) in [6.07, 6.45) is 2.00. The number of benzene rings is 1. The van der Waals surface area contributed by atoms with Crippen molar-refractivity contribution in [3.05, 3.63) is 28.5 Å². The van der Waals surface area contributed by atoms with Crippen molar-refractivity contribution in [2.45, 2.75) is 33.1 Å². The fourth-order valence-electron chi connectivity index (χ4n) is 1.55. The summed E-state index contributed by atoms with van der Waals surface area (Å²) < 4.78 is 19.5. The Labute approximate surface area is 120 Å². The van der Waals surface area contributed by atoms with Gasteiger partial charge in [-0.2, -0.15) is 0 Å². The Morgan fingerprint density at radius 3 is 2.74 bits per heavy atom. The van der Waals surface area contributed by atoms with Crippen LogP contribution >= 0.6 is 15.9 Å². The van der Waals surface area contributed by atoms with Crippen LogP contribution in [0.4, 0.5) is 4.39 Å². The molecule has 0 spiro atoms. The molecule has 3 nitrogen and oxygen atoms in total. The van der Waals surface area contributed by atoms with Crippen molar-refractivity contribution in [3.63, 3.8) is 0 Å². The van der Waals surface area contributed by atoms with E-state index in [1.807, 2.05) is 0 Å². The summed E-state index contributed by atoms with van der Waals surface area (Å²) in [7, 11) is 0. The van der Waals surface area contributed by atoms with E-state index < -0.39 is 17.2 Å². The predicted octanol–water partition coefficient (Wildman–Crippen LogP) is 4.25. The van der Waals surface area contributed by atoms with E-state index in [0.717, 1.165) is 10.9 Å². The third-order valence-electron chi connectivity index (χ3n) is 2.93. The highest BCUT2D eigenvalue weighted by Crippen LogP contribution is 2.25. The highest BCUT2D eigenvalue weighted by Gasteiger charge is 2.25. The number of hydrogen-bond acceptors (Lipinski definition) is 2. The number of rotatable bonds is 7. The van der Waals surface area contributed by atoms with Gasteiger partial charge < -0.3 is 9.84 Å². The SMILES string of the molecule is CC(C)(CCCCOc1cc(Br)ccc1F)C(=O)O. The minimum atomic E-state index is -0.800. The Balaban J connectivity index is 2.32. The van der Waals surface area contributed by atoms with Crippen LogP contribution in [-0.2, 0) is 4.79 Å². The van der Waals surface area contributed by atoms with Crippen LogP contribution in [0.25, 0.3) is 0 Å². The van der Waals surface area contributed by atoms with Gasteiger partial charge in [-0.3, -0.25) is 4.79 Å². The lowest BCUT2D eigenvalue weighted by Crippen LogP contribution is -2.23. The van der Waals surface area contributed by atoms with Crippen molar-refractivity contribution >= 4 is 21.9 Å². The average Bonchev–Trinajstić information content (AvgIpc) is 2.32. The van der Waals surface area contributed by atoms with E-state index in [2.05, 4.69) is 15.9 Å². The maximum Gasteiger partial charge on any atom is 0.309 e. The molecular weight excluding hydrogens is 315 g/mol. The Kier molecular flexibility index (Phi) is 5.79. The Morgan fingerprint density at radius 1 is 1.42 bits per heavy atom. The van der Waals surface area contributed by atoms with Crippen LogP contribution in [0.1, 0.15) is 33.1 Å². The van der Waals surface area contributed by atoms with E-state index in [1.54, 1.807) is 26.0 Å². The smallest absolute Gasteiger partial charge is 0.309 e. The maximum absolute atomic E-state index is 13.4. The monoisotopic (exact) mass is 332 g/mol. The lowest BCUT2D eigenvalue weighted by atomic mass is 9.87. The minimum absolute atomic E-state index is 0.215. The Bertz CT molecular complexity index is 446. The molecule has 0 amide bonds. The molecule has 0 aliphatic rings. The summed E-state index contributed by atoms with van der Waals surface area (Å²) in [6, 6.07) is 4.53. The normalized spacial score (nSPS) is 11.4. The number of aliphatic carboxylic acids is 1. The van der Waals surface area contributed by atoms with Gasteiger partial charge in [0.05, 0.1) is 12.0 Å². The summed E-state index contributed by atoms with van der Waals surface area (Å²) >= 11 is 3.25. The molecule has 0 heterocycles. The summed E-state index contributed by atoms with van der Waals surface area (Å²) in [4.78, 5) is 10.9. The number of ether oxygens (including phenoxy) is 1. The zero-order chi connectivity index (χ0) is 14.5. The Morgan fingerprint density at radius 2 is 2.11 bits per heavy atom. The molecule has 106 valence electrons. The molecule has 0 saturated heterocycles. The molecule has 0 aliphatic heterocycles. The first-order valence-corrected chi connectivity index (χ1v) is 6.93. The number of halogens is 2. The molecule has 1 rings (SSSR count). The van der Waals surface area contributed by atoms with Gasteiger partial charge in [0.1, 0.15) is 0 Å². The second-order valence-corrected chi connectivity index (χ2v) is 5.99. The largest absolute Gasteiger partial charge is 0.490 e. The fourth-order valence-corrected chi connectivity index (χ4v) is 1.89. The second kappa shape index (κ2) is 6.89. The van der Waals surface area contributed by atoms with Crippen molar-refractivity contribution in [2.75, 3.05) is 6.61 Å². The predicted molar refractivity (Wildman–Crippen MR) is 74.9 cm³/mol. The topological polar surface area (TPSA) is 46.5 Å². The molecule has 1 N–H and O–H groups in total. The zero-order valence-electron chi connectivity index (χ0n) is 11.1. The van der Waals surface area contributed by atoms with Crippen molar-refractivity contribution in [1.82, 2.24) is 0 Å². The molecule has 0 atom stereocenters. The molecule has 0 unspecified atom stereocenters. The van der Waals surface area contributed by atoms with E-state index in [9.17, 15) is 9.18 Å². The zero-order valence-corrected chi connectivity index (χ0v) is 12.7. The third kappa shape index (κ3) is 5.19. The first-order chi connectivity index (χ1) is 8.83. The molecule has 0 bridgehead atoms. The number of carbonyl (C=O) groups is 1. The van der Waals surface area contributed by atoms with E-state index in [0.29, 0.717) is 19.4 Å². The van der Waals surface area contributed by atoms with E-state index in [1.165, 1.54) is 6.07 Å². The summed E-state index contributed by atoms with van der Waals surface area (Å²) in [5.74, 6) is -0.979. The fraction of sp³-hybridized carbons (Fsp3) is 0.500. The third-order valence-corrected chi connectivity index (χ3v) is 3.42. The van der Waals surface area contributed by atoms with Crippen LogP contribution in [0.3, 0.4) is 0 Å². The first kappa shape index (κ1) is 16.0. The van der Waals surface area contributed by atoms with Gasteiger partial charge in [-0.05, 0) is 51.3 Å². The molecule has 1 aromatic rings. The Hall–Kier alpha value is -1.10. The van der Waals surface area contributed by atoms with Crippen molar-refractivity contribution in [1.29, 1.82) is 0 Å². The second-order valence-electron chi connectivity index (χ2n) is 5.07. The highest BCUT2D eigenvalue weighted by atomic mass is 79.9. The number of carboxylic acid groups (broad SMARTS) is 1. The molecule has 19 heavy (non-hydrogen) atoms. The molecule has 0 aliphatic carbocycles. The van der Waals surface area contributed by atoms with Gasteiger partial charge in [0.25, 0.3) is 0 Å². The molecule has 1 aromatic carbocycles. The van der Waals surface area contributed by atoms with Crippen LogP contribution in [0.15, 0.2) is 22.7 Å². The summed E-state index contributed by atoms with van der Waals surface area (Å²) in [5, 5.41) is 8.96. The molecule has 0 saturated carbocycles.